The van der Waals surface area contributed by atoms with E-state index >= 15 is 0 Å². The Labute approximate surface area is 110 Å². The van der Waals surface area contributed by atoms with E-state index in [1.807, 2.05) is 12.1 Å². The fourth-order valence-corrected chi connectivity index (χ4v) is 1.61. The van der Waals surface area contributed by atoms with E-state index in [1.54, 1.807) is 24.4 Å². The molecule has 0 N–H and O–H groups in total. The molecule has 1 aromatic carbocycles. The number of hydrogen-bond acceptors (Lipinski definition) is 5. The van der Waals surface area contributed by atoms with E-state index in [9.17, 15) is 9.59 Å². The zero-order valence-corrected chi connectivity index (χ0v) is 10.5. The highest BCUT2D eigenvalue weighted by Crippen LogP contribution is 2.19. The van der Waals surface area contributed by atoms with Crippen LogP contribution in [0.1, 0.15) is 12.8 Å². The lowest BCUT2D eigenvalue weighted by Crippen LogP contribution is -2.11. The van der Waals surface area contributed by atoms with E-state index < -0.39 is 11.9 Å². The average Bonchev–Trinajstić information content (AvgIpc) is 2.44. The van der Waals surface area contributed by atoms with Gasteiger partial charge in [-0.15, -0.1) is 0 Å². The summed E-state index contributed by atoms with van der Waals surface area (Å²) in [5.74, 6) is -0.455. The van der Waals surface area contributed by atoms with Crippen molar-refractivity contribution in [1.82, 2.24) is 4.98 Å². The topological polar surface area (TPSA) is 65.5 Å². The van der Waals surface area contributed by atoms with Gasteiger partial charge in [-0.05, 0) is 24.3 Å². The summed E-state index contributed by atoms with van der Waals surface area (Å²) >= 11 is 0. The van der Waals surface area contributed by atoms with Gasteiger partial charge in [-0.2, -0.15) is 0 Å². The lowest BCUT2D eigenvalue weighted by Gasteiger charge is -2.05. The lowest BCUT2D eigenvalue weighted by molar-refractivity contribution is -0.144. The molecule has 5 heteroatoms. The van der Waals surface area contributed by atoms with Gasteiger partial charge < -0.3 is 9.47 Å². The molecule has 0 aliphatic heterocycles. The quantitative estimate of drug-likeness (QED) is 0.621. The smallest absolute Gasteiger partial charge is 0.311 e. The summed E-state index contributed by atoms with van der Waals surface area (Å²) in [5.41, 5.74) is 0.830. The van der Waals surface area contributed by atoms with Crippen LogP contribution in [-0.4, -0.2) is 24.0 Å². The Morgan fingerprint density at radius 2 is 1.95 bits per heavy atom. The van der Waals surface area contributed by atoms with Crippen LogP contribution in [0.3, 0.4) is 0 Å². The predicted molar refractivity (Wildman–Crippen MR) is 68.6 cm³/mol. The van der Waals surface area contributed by atoms with Crippen molar-refractivity contribution in [2.24, 2.45) is 0 Å². The molecule has 1 heterocycles. The number of benzene rings is 1. The molecule has 1 aromatic heterocycles. The highest BCUT2D eigenvalue weighted by atomic mass is 16.5. The molecule has 2 aromatic rings. The van der Waals surface area contributed by atoms with E-state index in [-0.39, 0.29) is 12.8 Å². The van der Waals surface area contributed by atoms with Gasteiger partial charge in [-0.3, -0.25) is 14.6 Å². The Kier molecular flexibility index (Phi) is 4.07. The largest absolute Gasteiger partial charge is 0.469 e. The van der Waals surface area contributed by atoms with Gasteiger partial charge in [0.2, 0.25) is 0 Å². The number of fused-ring (bicyclic) bond motifs is 1. The molecule has 19 heavy (non-hydrogen) atoms. The Bertz CT molecular complexity index is 609. The molecule has 98 valence electrons. The standard InChI is InChI=1S/C14H13NO4/c1-18-13(16)6-7-14(17)19-11-4-5-12-10(9-11)3-2-8-15-12/h2-5,8-9H,6-7H2,1H3. The molecule has 0 radical (unpaired) electrons. The van der Waals surface area contributed by atoms with Crippen LogP contribution in [0.2, 0.25) is 0 Å². The third-order valence-electron chi connectivity index (χ3n) is 2.57. The molecule has 0 unspecified atom stereocenters. The van der Waals surface area contributed by atoms with Crippen LogP contribution in [0.5, 0.6) is 5.75 Å². The van der Waals surface area contributed by atoms with E-state index in [0.29, 0.717) is 5.75 Å². The summed E-state index contributed by atoms with van der Waals surface area (Å²) in [7, 11) is 1.28. The van der Waals surface area contributed by atoms with Crippen LogP contribution in [0.15, 0.2) is 36.5 Å². The summed E-state index contributed by atoms with van der Waals surface area (Å²) in [5, 5.41) is 0.890. The molecule has 2 rings (SSSR count). The third kappa shape index (κ3) is 3.51. The summed E-state index contributed by atoms with van der Waals surface area (Å²) in [6.45, 7) is 0. The first-order valence-electron chi connectivity index (χ1n) is 5.81. The molecule has 0 bridgehead atoms. The Balaban J connectivity index is 2.01. The minimum absolute atomic E-state index is 0.00223. The van der Waals surface area contributed by atoms with Crippen LogP contribution >= 0.6 is 0 Å². The van der Waals surface area contributed by atoms with Crippen molar-refractivity contribution in [1.29, 1.82) is 0 Å². The number of aromatic nitrogens is 1. The predicted octanol–water partition coefficient (Wildman–Crippen LogP) is 2.09. The van der Waals surface area contributed by atoms with E-state index in [2.05, 4.69) is 9.72 Å². The zero-order valence-electron chi connectivity index (χ0n) is 10.5. The van der Waals surface area contributed by atoms with Gasteiger partial charge in [0.25, 0.3) is 0 Å². The molecule has 0 saturated carbocycles. The molecular formula is C14H13NO4. The van der Waals surface area contributed by atoms with Crippen molar-refractivity contribution >= 4 is 22.8 Å². The Hall–Kier alpha value is -2.43. The van der Waals surface area contributed by atoms with Crippen LogP contribution in [-0.2, 0) is 14.3 Å². The Morgan fingerprint density at radius 3 is 2.74 bits per heavy atom. The summed E-state index contributed by atoms with van der Waals surface area (Å²) in [6, 6.07) is 8.88. The maximum Gasteiger partial charge on any atom is 0.311 e. The first-order chi connectivity index (χ1) is 9.19. The SMILES string of the molecule is COC(=O)CCC(=O)Oc1ccc2ncccc2c1. The highest BCUT2D eigenvalue weighted by molar-refractivity contribution is 5.82. The number of ether oxygens (including phenoxy) is 2. The van der Waals surface area contributed by atoms with Crippen molar-refractivity contribution in [2.75, 3.05) is 7.11 Å². The number of esters is 2. The van der Waals surface area contributed by atoms with Gasteiger partial charge >= 0.3 is 11.9 Å². The van der Waals surface area contributed by atoms with Crippen molar-refractivity contribution < 1.29 is 19.1 Å². The number of pyridine rings is 1. The van der Waals surface area contributed by atoms with Gasteiger partial charge in [0.05, 0.1) is 25.5 Å². The van der Waals surface area contributed by atoms with Crippen molar-refractivity contribution in [3.63, 3.8) is 0 Å². The minimum Gasteiger partial charge on any atom is -0.469 e. The summed E-state index contributed by atoms with van der Waals surface area (Å²) < 4.78 is 9.60. The molecule has 0 aliphatic carbocycles. The second-order valence-electron chi connectivity index (χ2n) is 3.91. The normalized spacial score (nSPS) is 10.2. The van der Waals surface area contributed by atoms with Crippen molar-refractivity contribution in [2.45, 2.75) is 12.8 Å². The first kappa shape index (κ1) is 13.0. The second-order valence-corrected chi connectivity index (χ2v) is 3.91. The fourth-order valence-electron chi connectivity index (χ4n) is 1.61. The number of methoxy groups -OCH3 is 1. The maximum absolute atomic E-state index is 11.5. The second kappa shape index (κ2) is 5.95. The van der Waals surface area contributed by atoms with Gasteiger partial charge in [0.1, 0.15) is 5.75 Å². The number of rotatable bonds is 4. The fraction of sp³-hybridized carbons (Fsp3) is 0.214. The average molecular weight is 259 g/mol. The maximum atomic E-state index is 11.5. The van der Waals surface area contributed by atoms with Crippen molar-refractivity contribution in [3.05, 3.63) is 36.5 Å². The number of hydrogen-bond donors (Lipinski definition) is 0. The van der Waals surface area contributed by atoms with Gasteiger partial charge in [0, 0.05) is 11.6 Å². The molecule has 0 spiro atoms. The number of carbonyl (C=O) groups is 2. The zero-order chi connectivity index (χ0) is 13.7. The van der Waals surface area contributed by atoms with E-state index in [1.165, 1.54) is 7.11 Å². The molecule has 0 saturated heterocycles. The molecule has 0 aliphatic rings. The van der Waals surface area contributed by atoms with E-state index in [0.717, 1.165) is 10.9 Å². The van der Waals surface area contributed by atoms with Crippen LogP contribution < -0.4 is 4.74 Å². The molecule has 0 fully saturated rings. The molecular weight excluding hydrogens is 246 g/mol. The van der Waals surface area contributed by atoms with Gasteiger partial charge in [-0.1, -0.05) is 6.07 Å². The van der Waals surface area contributed by atoms with Gasteiger partial charge in [-0.25, -0.2) is 0 Å². The van der Waals surface area contributed by atoms with E-state index in [4.69, 9.17) is 4.74 Å². The summed E-state index contributed by atoms with van der Waals surface area (Å²) in [4.78, 5) is 26.6. The summed E-state index contributed by atoms with van der Waals surface area (Å²) in [6.07, 6.45) is 1.71. The third-order valence-corrected chi connectivity index (χ3v) is 2.57. The first-order valence-corrected chi connectivity index (χ1v) is 5.81. The van der Waals surface area contributed by atoms with Crippen LogP contribution in [0.25, 0.3) is 10.9 Å². The highest BCUT2D eigenvalue weighted by Gasteiger charge is 2.09. The molecule has 0 atom stereocenters. The van der Waals surface area contributed by atoms with Crippen molar-refractivity contribution in [3.8, 4) is 5.75 Å². The molecule has 5 nitrogen and oxygen atoms in total. The number of nitrogens with zero attached hydrogens (tertiary/aromatic N) is 1. The lowest BCUT2D eigenvalue weighted by atomic mass is 10.2. The number of carbonyl (C=O) groups excluding carboxylic acids is 2. The van der Waals surface area contributed by atoms with Crippen LogP contribution in [0.4, 0.5) is 0 Å². The van der Waals surface area contributed by atoms with Crippen LogP contribution in [0, 0.1) is 0 Å². The van der Waals surface area contributed by atoms with Gasteiger partial charge in [0.15, 0.2) is 0 Å². The Morgan fingerprint density at radius 1 is 1.16 bits per heavy atom. The monoisotopic (exact) mass is 259 g/mol. The molecule has 0 amide bonds. The minimum atomic E-state index is -0.464.